The zero-order valence-corrected chi connectivity index (χ0v) is 10.2. The van der Waals surface area contributed by atoms with E-state index in [2.05, 4.69) is 15.3 Å². The standard InChI is InChI=1S/C13H16N4O/c1-9-7-12(15-5-6-18)17-13(16-9)10-3-2-4-11(14)8-10/h2-4,7-8,18H,5-6,14H2,1H3,(H,15,16,17). The predicted molar refractivity (Wildman–Crippen MR) is 72.2 cm³/mol. The lowest BCUT2D eigenvalue weighted by atomic mass is 10.2. The lowest BCUT2D eigenvalue weighted by Crippen LogP contribution is -2.08. The molecule has 1 aromatic carbocycles. The Hall–Kier alpha value is -2.14. The molecule has 2 rings (SSSR count). The number of aryl methyl sites for hydroxylation is 1. The summed E-state index contributed by atoms with van der Waals surface area (Å²) < 4.78 is 0. The Kier molecular flexibility index (Phi) is 3.74. The first-order valence-electron chi connectivity index (χ1n) is 5.75. The van der Waals surface area contributed by atoms with Gasteiger partial charge in [-0.2, -0.15) is 0 Å². The molecule has 5 nitrogen and oxygen atoms in total. The summed E-state index contributed by atoms with van der Waals surface area (Å²) in [6.07, 6.45) is 0. The van der Waals surface area contributed by atoms with Crippen LogP contribution in [0, 0.1) is 6.92 Å². The van der Waals surface area contributed by atoms with Gasteiger partial charge in [-0.25, -0.2) is 9.97 Å². The maximum atomic E-state index is 8.80. The summed E-state index contributed by atoms with van der Waals surface area (Å²) in [5.74, 6) is 1.33. The molecule has 0 saturated carbocycles. The monoisotopic (exact) mass is 244 g/mol. The average molecular weight is 244 g/mol. The Morgan fingerprint density at radius 1 is 1.28 bits per heavy atom. The number of nitrogens with two attached hydrogens (primary N) is 1. The van der Waals surface area contributed by atoms with Crippen molar-refractivity contribution >= 4 is 11.5 Å². The zero-order chi connectivity index (χ0) is 13.0. The summed E-state index contributed by atoms with van der Waals surface area (Å²) in [7, 11) is 0. The fourth-order valence-electron chi connectivity index (χ4n) is 1.65. The van der Waals surface area contributed by atoms with E-state index in [1.54, 1.807) is 0 Å². The minimum Gasteiger partial charge on any atom is -0.399 e. The molecule has 94 valence electrons. The number of nitrogens with one attached hydrogen (secondary N) is 1. The fourth-order valence-corrected chi connectivity index (χ4v) is 1.65. The third-order valence-corrected chi connectivity index (χ3v) is 2.42. The summed E-state index contributed by atoms with van der Waals surface area (Å²) in [6, 6.07) is 9.29. The summed E-state index contributed by atoms with van der Waals surface area (Å²) in [6.45, 7) is 2.44. The topological polar surface area (TPSA) is 84.1 Å². The van der Waals surface area contributed by atoms with E-state index < -0.39 is 0 Å². The molecule has 4 N–H and O–H groups in total. The molecule has 0 spiro atoms. The molecular weight excluding hydrogens is 228 g/mol. The average Bonchev–Trinajstić information content (AvgIpc) is 2.36. The number of anilines is 2. The number of benzene rings is 1. The molecule has 1 heterocycles. The van der Waals surface area contributed by atoms with E-state index in [1.165, 1.54) is 0 Å². The normalized spacial score (nSPS) is 10.3. The molecule has 5 heteroatoms. The van der Waals surface area contributed by atoms with Crippen LogP contribution in [0.4, 0.5) is 11.5 Å². The van der Waals surface area contributed by atoms with Gasteiger partial charge in [0.1, 0.15) is 5.82 Å². The summed E-state index contributed by atoms with van der Waals surface area (Å²) in [5, 5.41) is 11.8. The number of aromatic nitrogens is 2. The number of hydrogen-bond acceptors (Lipinski definition) is 5. The number of rotatable bonds is 4. The molecule has 0 amide bonds. The molecule has 0 radical (unpaired) electrons. The van der Waals surface area contributed by atoms with Gasteiger partial charge in [-0.05, 0) is 19.1 Å². The van der Waals surface area contributed by atoms with Crippen LogP contribution in [0.25, 0.3) is 11.4 Å². The molecule has 0 aliphatic carbocycles. The van der Waals surface area contributed by atoms with E-state index in [-0.39, 0.29) is 6.61 Å². The van der Waals surface area contributed by atoms with Crippen LogP contribution in [0.1, 0.15) is 5.69 Å². The SMILES string of the molecule is Cc1cc(NCCO)nc(-c2cccc(N)c2)n1. The van der Waals surface area contributed by atoms with Crippen LogP contribution in [0.2, 0.25) is 0 Å². The van der Waals surface area contributed by atoms with Gasteiger partial charge in [-0.15, -0.1) is 0 Å². The summed E-state index contributed by atoms with van der Waals surface area (Å²) in [5.41, 5.74) is 8.17. The van der Waals surface area contributed by atoms with E-state index >= 15 is 0 Å². The second kappa shape index (κ2) is 5.46. The number of aliphatic hydroxyl groups excluding tert-OH is 1. The van der Waals surface area contributed by atoms with Crippen LogP contribution >= 0.6 is 0 Å². The lowest BCUT2D eigenvalue weighted by Gasteiger charge is -2.08. The molecule has 2 aromatic rings. The first kappa shape index (κ1) is 12.3. The quantitative estimate of drug-likeness (QED) is 0.709. The minimum atomic E-state index is 0.0661. The third kappa shape index (κ3) is 2.95. The van der Waals surface area contributed by atoms with Crippen LogP contribution in [0.5, 0.6) is 0 Å². The highest BCUT2D eigenvalue weighted by Gasteiger charge is 2.05. The molecule has 0 saturated heterocycles. The number of nitrogens with zero attached hydrogens (tertiary/aromatic N) is 2. The molecule has 0 aliphatic rings. The van der Waals surface area contributed by atoms with Crippen molar-refractivity contribution in [3.8, 4) is 11.4 Å². The summed E-state index contributed by atoms with van der Waals surface area (Å²) in [4.78, 5) is 8.78. The lowest BCUT2D eigenvalue weighted by molar-refractivity contribution is 0.311. The number of nitrogen functional groups attached to an aromatic ring is 1. The van der Waals surface area contributed by atoms with E-state index in [4.69, 9.17) is 10.8 Å². The molecule has 0 fully saturated rings. The Morgan fingerprint density at radius 3 is 2.83 bits per heavy atom. The van der Waals surface area contributed by atoms with Gasteiger partial charge in [0.2, 0.25) is 0 Å². The van der Waals surface area contributed by atoms with Gasteiger partial charge in [-0.3, -0.25) is 0 Å². The largest absolute Gasteiger partial charge is 0.399 e. The Labute approximate surface area is 106 Å². The fraction of sp³-hybridized carbons (Fsp3) is 0.231. The van der Waals surface area contributed by atoms with Gasteiger partial charge in [0.25, 0.3) is 0 Å². The molecule has 1 aromatic heterocycles. The van der Waals surface area contributed by atoms with Crippen molar-refractivity contribution < 1.29 is 5.11 Å². The predicted octanol–water partition coefficient (Wildman–Crippen LogP) is 1.44. The molecule has 0 atom stereocenters. The molecular formula is C13H16N4O. The van der Waals surface area contributed by atoms with Crippen LogP contribution < -0.4 is 11.1 Å². The van der Waals surface area contributed by atoms with Crippen molar-refractivity contribution in [1.82, 2.24) is 9.97 Å². The molecule has 0 unspecified atom stereocenters. The van der Waals surface area contributed by atoms with Gasteiger partial charge in [0.05, 0.1) is 6.61 Å². The maximum Gasteiger partial charge on any atom is 0.161 e. The zero-order valence-electron chi connectivity index (χ0n) is 10.2. The van der Waals surface area contributed by atoms with E-state index in [0.29, 0.717) is 23.9 Å². The second-order valence-electron chi connectivity index (χ2n) is 3.99. The van der Waals surface area contributed by atoms with Crippen molar-refractivity contribution in [3.63, 3.8) is 0 Å². The Morgan fingerprint density at radius 2 is 2.11 bits per heavy atom. The van der Waals surface area contributed by atoms with Gasteiger partial charge in [0.15, 0.2) is 5.82 Å². The smallest absolute Gasteiger partial charge is 0.161 e. The highest BCUT2D eigenvalue weighted by Crippen LogP contribution is 2.19. The van der Waals surface area contributed by atoms with Crippen LogP contribution in [-0.2, 0) is 0 Å². The van der Waals surface area contributed by atoms with Crippen molar-refractivity contribution in [2.24, 2.45) is 0 Å². The first-order chi connectivity index (χ1) is 8.69. The molecule has 18 heavy (non-hydrogen) atoms. The maximum absolute atomic E-state index is 8.80. The third-order valence-electron chi connectivity index (χ3n) is 2.42. The van der Waals surface area contributed by atoms with Crippen molar-refractivity contribution in [1.29, 1.82) is 0 Å². The van der Waals surface area contributed by atoms with Crippen molar-refractivity contribution in [2.75, 3.05) is 24.2 Å². The van der Waals surface area contributed by atoms with Crippen molar-refractivity contribution in [3.05, 3.63) is 36.0 Å². The molecule has 0 aliphatic heterocycles. The highest BCUT2D eigenvalue weighted by atomic mass is 16.3. The van der Waals surface area contributed by atoms with Gasteiger partial charge in [0, 0.05) is 29.6 Å². The van der Waals surface area contributed by atoms with Crippen LogP contribution in [0.15, 0.2) is 30.3 Å². The van der Waals surface area contributed by atoms with E-state index in [9.17, 15) is 0 Å². The second-order valence-corrected chi connectivity index (χ2v) is 3.99. The van der Waals surface area contributed by atoms with Gasteiger partial charge in [-0.1, -0.05) is 12.1 Å². The van der Waals surface area contributed by atoms with Crippen LogP contribution in [0.3, 0.4) is 0 Å². The number of aliphatic hydroxyl groups is 1. The minimum absolute atomic E-state index is 0.0661. The Bertz CT molecular complexity index is 542. The van der Waals surface area contributed by atoms with Crippen molar-refractivity contribution in [2.45, 2.75) is 6.92 Å². The van der Waals surface area contributed by atoms with Gasteiger partial charge >= 0.3 is 0 Å². The van der Waals surface area contributed by atoms with E-state index in [1.807, 2.05) is 37.3 Å². The number of hydrogen-bond donors (Lipinski definition) is 3. The van der Waals surface area contributed by atoms with Crippen LogP contribution in [-0.4, -0.2) is 28.2 Å². The first-order valence-corrected chi connectivity index (χ1v) is 5.75. The van der Waals surface area contributed by atoms with E-state index in [0.717, 1.165) is 11.3 Å². The highest BCUT2D eigenvalue weighted by molar-refractivity contribution is 5.62. The molecule has 0 bridgehead atoms. The Balaban J connectivity index is 2.35. The summed E-state index contributed by atoms with van der Waals surface area (Å²) >= 11 is 0. The van der Waals surface area contributed by atoms with Gasteiger partial charge < -0.3 is 16.2 Å².